The summed E-state index contributed by atoms with van der Waals surface area (Å²) in [6.07, 6.45) is 5.22. The van der Waals surface area contributed by atoms with Gasteiger partial charge >= 0.3 is 0 Å². The van der Waals surface area contributed by atoms with Crippen molar-refractivity contribution in [2.45, 2.75) is 26.7 Å². The topological polar surface area (TPSA) is 101 Å². The predicted molar refractivity (Wildman–Crippen MR) is 118 cm³/mol. The lowest BCUT2D eigenvalue weighted by Gasteiger charge is -2.32. The molecule has 1 saturated heterocycles. The number of carbonyl (C=O) groups is 1. The van der Waals surface area contributed by atoms with Crippen LogP contribution >= 0.6 is 0 Å². The molecule has 0 radical (unpaired) electrons. The number of pyridine rings is 1. The third-order valence-electron chi connectivity index (χ3n) is 5.23. The highest BCUT2D eigenvalue weighted by Gasteiger charge is 2.25. The molecular formula is C22H32N6O. The van der Waals surface area contributed by atoms with Crippen LogP contribution in [0.3, 0.4) is 0 Å². The SMILES string of the molecule is CC(C)CN1CCC(C(=O)Nc2cc3cc(/C(N)=C/N(C)N)ccc3cn2)CC1. The maximum Gasteiger partial charge on any atom is 0.228 e. The molecule has 29 heavy (non-hydrogen) atoms. The number of anilines is 1. The number of carbonyl (C=O) groups excluding carboxylic acids is 1. The monoisotopic (exact) mass is 396 g/mol. The van der Waals surface area contributed by atoms with Crippen molar-refractivity contribution in [2.75, 3.05) is 32.0 Å². The number of rotatable bonds is 6. The van der Waals surface area contributed by atoms with Crippen molar-refractivity contribution in [1.29, 1.82) is 0 Å². The first-order valence-electron chi connectivity index (χ1n) is 10.2. The summed E-state index contributed by atoms with van der Waals surface area (Å²) in [5.41, 5.74) is 7.54. The molecule has 1 amide bonds. The lowest BCUT2D eigenvalue weighted by molar-refractivity contribution is -0.121. The third-order valence-corrected chi connectivity index (χ3v) is 5.23. The number of hydrogen-bond acceptors (Lipinski definition) is 6. The first-order chi connectivity index (χ1) is 13.8. The van der Waals surface area contributed by atoms with Crippen LogP contribution in [0.4, 0.5) is 5.82 Å². The van der Waals surface area contributed by atoms with E-state index in [0.717, 1.165) is 48.8 Å². The van der Waals surface area contributed by atoms with E-state index in [4.69, 9.17) is 11.6 Å². The molecule has 0 aliphatic carbocycles. The molecule has 5 N–H and O–H groups in total. The average Bonchev–Trinajstić information content (AvgIpc) is 2.67. The molecule has 2 heterocycles. The maximum atomic E-state index is 12.7. The van der Waals surface area contributed by atoms with Gasteiger partial charge in [-0.3, -0.25) is 4.79 Å². The molecule has 1 aromatic carbocycles. The highest BCUT2D eigenvalue weighted by Crippen LogP contribution is 2.23. The lowest BCUT2D eigenvalue weighted by Crippen LogP contribution is -2.39. The molecule has 0 spiro atoms. The van der Waals surface area contributed by atoms with Crippen molar-refractivity contribution >= 4 is 28.2 Å². The van der Waals surface area contributed by atoms with E-state index in [1.54, 1.807) is 19.4 Å². The van der Waals surface area contributed by atoms with Gasteiger partial charge in [-0.1, -0.05) is 26.0 Å². The van der Waals surface area contributed by atoms with Crippen molar-refractivity contribution in [3.63, 3.8) is 0 Å². The molecule has 1 aliphatic rings. The lowest BCUT2D eigenvalue weighted by atomic mass is 9.95. The first-order valence-corrected chi connectivity index (χ1v) is 10.2. The van der Waals surface area contributed by atoms with Gasteiger partial charge in [0.25, 0.3) is 0 Å². The summed E-state index contributed by atoms with van der Waals surface area (Å²) < 4.78 is 0. The van der Waals surface area contributed by atoms with E-state index in [0.29, 0.717) is 17.4 Å². The smallest absolute Gasteiger partial charge is 0.228 e. The molecule has 1 aromatic heterocycles. The molecule has 1 fully saturated rings. The zero-order chi connectivity index (χ0) is 21.0. The predicted octanol–water partition coefficient (Wildman–Crippen LogP) is 2.60. The van der Waals surface area contributed by atoms with Crippen LogP contribution in [0.1, 0.15) is 32.3 Å². The number of nitrogens with two attached hydrogens (primary N) is 2. The Morgan fingerprint density at radius 2 is 2.03 bits per heavy atom. The summed E-state index contributed by atoms with van der Waals surface area (Å²) in [5.74, 6) is 6.97. The van der Waals surface area contributed by atoms with Gasteiger partial charge in [0.05, 0.1) is 5.70 Å². The van der Waals surface area contributed by atoms with Crippen molar-refractivity contribution in [3.8, 4) is 0 Å². The molecule has 7 heteroatoms. The average molecular weight is 397 g/mol. The van der Waals surface area contributed by atoms with Crippen LogP contribution < -0.4 is 16.9 Å². The summed E-state index contributed by atoms with van der Waals surface area (Å²) in [4.78, 5) is 19.6. The molecule has 7 nitrogen and oxygen atoms in total. The Kier molecular flexibility index (Phi) is 6.71. The second-order valence-electron chi connectivity index (χ2n) is 8.34. The molecule has 3 rings (SSSR count). The minimum Gasteiger partial charge on any atom is -0.397 e. The van der Waals surface area contributed by atoms with Crippen molar-refractivity contribution in [1.82, 2.24) is 14.9 Å². The number of hydrogen-bond donors (Lipinski definition) is 3. The Bertz CT molecular complexity index is 884. The van der Waals surface area contributed by atoms with Gasteiger partial charge in [0.15, 0.2) is 0 Å². The van der Waals surface area contributed by atoms with E-state index in [9.17, 15) is 4.79 Å². The molecule has 2 aromatic rings. The molecule has 0 bridgehead atoms. The van der Waals surface area contributed by atoms with Crippen LogP contribution in [-0.4, -0.2) is 47.5 Å². The third kappa shape index (κ3) is 5.68. The normalized spacial score (nSPS) is 16.4. The second kappa shape index (κ2) is 9.24. The summed E-state index contributed by atoms with van der Waals surface area (Å²) in [6, 6.07) is 7.77. The Hall–Kier alpha value is -2.64. The van der Waals surface area contributed by atoms with Gasteiger partial charge in [0, 0.05) is 37.3 Å². The fourth-order valence-electron chi connectivity index (χ4n) is 3.81. The number of benzene rings is 1. The number of amides is 1. The molecular weight excluding hydrogens is 364 g/mol. The molecule has 156 valence electrons. The van der Waals surface area contributed by atoms with Crippen molar-refractivity contribution in [3.05, 3.63) is 42.2 Å². The van der Waals surface area contributed by atoms with E-state index < -0.39 is 0 Å². The van der Waals surface area contributed by atoms with Gasteiger partial charge in [-0.05, 0) is 54.9 Å². The molecule has 1 aliphatic heterocycles. The maximum absolute atomic E-state index is 12.7. The highest BCUT2D eigenvalue weighted by molar-refractivity contribution is 5.94. The number of fused-ring (bicyclic) bond motifs is 1. The van der Waals surface area contributed by atoms with E-state index in [2.05, 4.69) is 29.0 Å². The van der Waals surface area contributed by atoms with Crippen LogP contribution in [0.5, 0.6) is 0 Å². The highest BCUT2D eigenvalue weighted by atomic mass is 16.1. The van der Waals surface area contributed by atoms with Gasteiger partial charge < -0.3 is 21.0 Å². The standard InChI is InChI=1S/C22H32N6O/c1-15(2)13-28-8-6-16(7-9-28)22(29)26-21-11-19-10-17(20(23)14-27(3)24)4-5-18(19)12-25-21/h4-5,10-12,14-16H,6-9,13,23-24H2,1-3H3,(H,25,26,29)/b20-14-. The number of aromatic nitrogens is 1. The van der Waals surface area contributed by atoms with Gasteiger partial charge in [0.1, 0.15) is 5.82 Å². The van der Waals surface area contributed by atoms with Crippen molar-refractivity contribution < 1.29 is 4.79 Å². The fraction of sp³-hybridized carbons (Fsp3) is 0.455. The number of nitrogens with zero attached hydrogens (tertiary/aromatic N) is 3. The number of nitrogens with one attached hydrogen (secondary N) is 1. The minimum atomic E-state index is 0.0425. The second-order valence-corrected chi connectivity index (χ2v) is 8.34. The zero-order valence-electron chi connectivity index (χ0n) is 17.6. The van der Waals surface area contributed by atoms with Crippen LogP contribution in [0, 0.1) is 11.8 Å². The van der Waals surface area contributed by atoms with Gasteiger partial charge in [-0.2, -0.15) is 0 Å². The quantitative estimate of drug-likeness (QED) is 0.513. The van der Waals surface area contributed by atoms with Crippen LogP contribution in [0.15, 0.2) is 36.7 Å². The van der Waals surface area contributed by atoms with Crippen LogP contribution in [0.25, 0.3) is 16.5 Å². The number of hydrazine groups is 1. The summed E-state index contributed by atoms with van der Waals surface area (Å²) in [6.45, 7) is 7.51. The van der Waals surface area contributed by atoms with E-state index >= 15 is 0 Å². The van der Waals surface area contributed by atoms with E-state index in [1.165, 1.54) is 5.01 Å². The number of piperidine rings is 1. The zero-order valence-corrected chi connectivity index (χ0v) is 17.6. The molecule has 0 atom stereocenters. The van der Waals surface area contributed by atoms with E-state index in [-0.39, 0.29) is 11.8 Å². The number of likely N-dealkylation sites (tertiary alicyclic amines) is 1. The van der Waals surface area contributed by atoms with Gasteiger partial charge in [-0.25, -0.2) is 10.8 Å². The van der Waals surface area contributed by atoms with Gasteiger partial charge in [0.2, 0.25) is 5.91 Å². The molecule has 0 unspecified atom stereocenters. The summed E-state index contributed by atoms with van der Waals surface area (Å²) in [7, 11) is 1.72. The first kappa shape index (κ1) is 21.1. The van der Waals surface area contributed by atoms with Crippen molar-refractivity contribution in [2.24, 2.45) is 23.4 Å². The summed E-state index contributed by atoms with van der Waals surface area (Å²) in [5, 5.41) is 6.38. The fourth-order valence-corrected chi connectivity index (χ4v) is 3.81. The Morgan fingerprint density at radius 3 is 2.69 bits per heavy atom. The summed E-state index contributed by atoms with van der Waals surface area (Å²) >= 11 is 0. The van der Waals surface area contributed by atoms with Crippen LogP contribution in [-0.2, 0) is 4.79 Å². The Balaban J connectivity index is 1.68. The van der Waals surface area contributed by atoms with Crippen LogP contribution in [0.2, 0.25) is 0 Å². The Labute approximate surface area is 172 Å². The molecule has 0 saturated carbocycles. The Morgan fingerprint density at radius 1 is 1.31 bits per heavy atom. The largest absolute Gasteiger partial charge is 0.397 e. The van der Waals surface area contributed by atoms with Gasteiger partial charge in [-0.15, -0.1) is 0 Å². The minimum absolute atomic E-state index is 0.0425. The van der Waals surface area contributed by atoms with E-state index in [1.807, 2.05) is 24.3 Å².